The van der Waals surface area contributed by atoms with Gasteiger partial charge in [-0.1, -0.05) is 26.0 Å². The summed E-state index contributed by atoms with van der Waals surface area (Å²) in [6, 6.07) is 7.89. The third-order valence-electron chi connectivity index (χ3n) is 2.46. The molecule has 88 valence electrons. The first-order valence-electron chi connectivity index (χ1n) is 5.47. The number of nitrogens with one attached hydrogen (secondary N) is 1. The van der Waals surface area contributed by atoms with Gasteiger partial charge in [-0.25, -0.2) is 4.98 Å². The fourth-order valence-electron chi connectivity index (χ4n) is 1.47. The van der Waals surface area contributed by atoms with Crippen LogP contribution in [0, 0.1) is 0 Å². The summed E-state index contributed by atoms with van der Waals surface area (Å²) < 4.78 is 0. The molecule has 0 aliphatic heterocycles. The number of carbonyl (C=O) groups excluding carboxylic acids is 1. The van der Waals surface area contributed by atoms with Crippen molar-refractivity contribution in [1.29, 1.82) is 0 Å². The van der Waals surface area contributed by atoms with E-state index < -0.39 is 0 Å². The minimum Gasteiger partial charge on any atom is -0.320 e. The predicted octanol–water partition coefficient (Wildman–Crippen LogP) is 3.52. The summed E-state index contributed by atoms with van der Waals surface area (Å²) in [5, 5.41) is 5.09. The van der Waals surface area contributed by atoms with Crippen LogP contribution in [0.15, 0.2) is 35.8 Å². The van der Waals surface area contributed by atoms with Crippen molar-refractivity contribution in [1.82, 2.24) is 4.98 Å². The lowest BCUT2D eigenvalue weighted by Crippen LogP contribution is -2.11. The number of hydrogen-bond donors (Lipinski definition) is 1. The molecule has 0 fully saturated rings. The summed E-state index contributed by atoms with van der Waals surface area (Å²) in [6.07, 6.45) is 1.63. The zero-order chi connectivity index (χ0) is 12.3. The molecule has 0 bridgehead atoms. The second kappa shape index (κ2) is 5.10. The van der Waals surface area contributed by atoms with E-state index in [-0.39, 0.29) is 5.91 Å². The Bertz CT molecular complexity index is 489. The van der Waals surface area contributed by atoms with Crippen LogP contribution in [0.3, 0.4) is 0 Å². The molecule has 2 aromatic rings. The summed E-state index contributed by atoms with van der Waals surface area (Å²) >= 11 is 1.34. The molecule has 0 atom stereocenters. The molecule has 1 aromatic heterocycles. The first-order valence-corrected chi connectivity index (χ1v) is 6.35. The number of nitrogens with zero attached hydrogens (tertiary/aromatic N) is 1. The van der Waals surface area contributed by atoms with E-state index in [4.69, 9.17) is 0 Å². The van der Waals surface area contributed by atoms with Gasteiger partial charge in [-0.05, 0) is 23.6 Å². The van der Waals surface area contributed by atoms with Crippen molar-refractivity contribution in [3.05, 3.63) is 46.4 Å². The number of amides is 1. The Kier molecular flexibility index (Phi) is 3.54. The maximum absolute atomic E-state index is 11.7. The molecule has 0 radical (unpaired) electrons. The Morgan fingerprint density at radius 1 is 1.29 bits per heavy atom. The number of anilines is 1. The number of benzene rings is 1. The lowest BCUT2D eigenvalue weighted by Gasteiger charge is -2.07. The van der Waals surface area contributed by atoms with Gasteiger partial charge in [0.1, 0.15) is 0 Å². The standard InChI is InChI=1S/C13H14N2OS/c1-9(2)10-3-5-11(6-4-10)15-12(16)13-14-7-8-17-13/h3-9H,1-2H3,(H,15,16). The molecule has 0 aliphatic rings. The highest BCUT2D eigenvalue weighted by molar-refractivity contribution is 7.11. The molecule has 0 saturated carbocycles. The fourth-order valence-corrected chi connectivity index (χ4v) is 2.00. The molecule has 0 aliphatic carbocycles. The van der Waals surface area contributed by atoms with Gasteiger partial charge in [0.25, 0.3) is 5.91 Å². The van der Waals surface area contributed by atoms with Crippen LogP contribution in [0.4, 0.5) is 5.69 Å². The van der Waals surface area contributed by atoms with Gasteiger partial charge in [0, 0.05) is 17.3 Å². The molecule has 1 amide bonds. The molecular formula is C13H14N2OS. The van der Waals surface area contributed by atoms with E-state index in [0.717, 1.165) is 5.69 Å². The molecule has 17 heavy (non-hydrogen) atoms. The number of aromatic nitrogens is 1. The van der Waals surface area contributed by atoms with Gasteiger partial charge in [0.2, 0.25) is 0 Å². The molecule has 0 unspecified atom stereocenters. The van der Waals surface area contributed by atoms with E-state index in [1.54, 1.807) is 11.6 Å². The molecule has 1 heterocycles. The highest BCUT2D eigenvalue weighted by Crippen LogP contribution is 2.17. The van der Waals surface area contributed by atoms with Gasteiger partial charge in [0.05, 0.1) is 0 Å². The van der Waals surface area contributed by atoms with Crippen molar-refractivity contribution in [2.45, 2.75) is 19.8 Å². The Morgan fingerprint density at radius 3 is 2.53 bits per heavy atom. The summed E-state index contributed by atoms with van der Waals surface area (Å²) in [7, 11) is 0. The van der Waals surface area contributed by atoms with Crippen LogP contribution in [0.25, 0.3) is 0 Å². The second-order valence-electron chi connectivity index (χ2n) is 4.07. The Morgan fingerprint density at radius 2 is 2.00 bits per heavy atom. The van der Waals surface area contributed by atoms with Gasteiger partial charge in [0.15, 0.2) is 5.01 Å². The summed E-state index contributed by atoms with van der Waals surface area (Å²) in [4.78, 5) is 15.7. The van der Waals surface area contributed by atoms with Gasteiger partial charge < -0.3 is 5.32 Å². The molecule has 0 saturated heterocycles. The molecule has 3 nitrogen and oxygen atoms in total. The van der Waals surface area contributed by atoms with Crippen molar-refractivity contribution >= 4 is 22.9 Å². The van der Waals surface area contributed by atoms with E-state index in [1.165, 1.54) is 16.9 Å². The monoisotopic (exact) mass is 246 g/mol. The quantitative estimate of drug-likeness (QED) is 0.900. The summed E-state index contributed by atoms with van der Waals surface area (Å²) in [5.41, 5.74) is 2.06. The van der Waals surface area contributed by atoms with Crippen LogP contribution >= 0.6 is 11.3 Å². The fraction of sp³-hybridized carbons (Fsp3) is 0.231. The van der Waals surface area contributed by atoms with E-state index in [9.17, 15) is 4.79 Å². The first kappa shape index (κ1) is 11.8. The number of hydrogen-bond acceptors (Lipinski definition) is 3. The number of thiazole rings is 1. The van der Waals surface area contributed by atoms with E-state index in [0.29, 0.717) is 10.9 Å². The van der Waals surface area contributed by atoms with Crippen molar-refractivity contribution in [2.24, 2.45) is 0 Å². The highest BCUT2D eigenvalue weighted by atomic mass is 32.1. The average Bonchev–Trinajstić information content (AvgIpc) is 2.83. The van der Waals surface area contributed by atoms with E-state index >= 15 is 0 Å². The SMILES string of the molecule is CC(C)c1ccc(NC(=O)c2nccs2)cc1. The minimum absolute atomic E-state index is 0.155. The Balaban J connectivity index is 2.07. The van der Waals surface area contributed by atoms with Crippen molar-refractivity contribution < 1.29 is 4.79 Å². The van der Waals surface area contributed by atoms with Gasteiger partial charge in [-0.2, -0.15) is 0 Å². The number of carbonyl (C=O) groups is 1. The topological polar surface area (TPSA) is 42.0 Å². The molecule has 2 rings (SSSR count). The van der Waals surface area contributed by atoms with Gasteiger partial charge in [-0.15, -0.1) is 11.3 Å². The third kappa shape index (κ3) is 2.91. The van der Waals surface area contributed by atoms with E-state index in [1.807, 2.05) is 24.3 Å². The Hall–Kier alpha value is -1.68. The summed E-state index contributed by atoms with van der Waals surface area (Å²) in [5.74, 6) is 0.344. The lowest BCUT2D eigenvalue weighted by atomic mass is 10.0. The van der Waals surface area contributed by atoms with Crippen LogP contribution in [0.2, 0.25) is 0 Å². The molecule has 1 aromatic carbocycles. The van der Waals surface area contributed by atoms with Crippen LogP contribution in [-0.2, 0) is 0 Å². The number of rotatable bonds is 3. The second-order valence-corrected chi connectivity index (χ2v) is 4.96. The molecule has 0 spiro atoms. The maximum Gasteiger partial charge on any atom is 0.284 e. The van der Waals surface area contributed by atoms with Crippen molar-refractivity contribution in [2.75, 3.05) is 5.32 Å². The van der Waals surface area contributed by atoms with Crippen molar-refractivity contribution in [3.8, 4) is 0 Å². The van der Waals surface area contributed by atoms with Gasteiger partial charge in [-0.3, -0.25) is 4.79 Å². The zero-order valence-electron chi connectivity index (χ0n) is 9.81. The molecular weight excluding hydrogens is 232 g/mol. The average molecular weight is 246 g/mol. The maximum atomic E-state index is 11.7. The van der Waals surface area contributed by atoms with Gasteiger partial charge >= 0.3 is 0 Å². The van der Waals surface area contributed by atoms with Crippen molar-refractivity contribution in [3.63, 3.8) is 0 Å². The predicted molar refractivity (Wildman–Crippen MR) is 70.6 cm³/mol. The van der Waals surface area contributed by atoms with E-state index in [2.05, 4.69) is 24.1 Å². The third-order valence-corrected chi connectivity index (χ3v) is 3.23. The normalized spacial score (nSPS) is 10.5. The Labute approximate surface area is 105 Å². The smallest absolute Gasteiger partial charge is 0.284 e. The molecule has 4 heteroatoms. The van der Waals surface area contributed by atoms with Crippen LogP contribution in [0.5, 0.6) is 0 Å². The lowest BCUT2D eigenvalue weighted by molar-refractivity contribution is 0.102. The minimum atomic E-state index is -0.155. The highest BCUT2D eigenvalue weighted by Gasteiger charge is 2.08. The van der Waals surface area contributed by atoms with Crippen LogP contribution in [-0.4, -0.2) is 10.9 Å². The first-order chi connectivity index (χ1) is 8.16. The van der Waals surface area contributed by atoms with Crippen LogP contribution < -0.4 is 5.32 Å². The largest absolute Gasteiger partial charge is 0.320 e. The summed E-state index contributed by atoms with van der Waals surface area (Å²) in [6.45, 7) is 4.28. The van der Waals surface area contributed by atoms with Crippen LogP contribution in [0.1, 0.15) is 35.1 Å². The zero-order valence-corrected chi connectivity index (χ0v) is 10.6. The molecule has 1 N–H and O–H groups in total.